The summed E-state index contributed by atoms with van der Waals surface area (Å²) in [4.78, 5) is 85.0. The standard InChI is InChI=1S/C45H38N6O9/c1-24-13-15-26(16-14-24)46-49-42(54)34-23-33-31(39(45(34,44(49)56)25-9-5-4-6-10-25)30-19-20-37(52)29-12-8-7-11-28(29)30)17-18-32-38(33)43(55)48(41(32)53)27-21-35(50(57)58)40(47(2)3)36(22-27)51(59)60/h4-17,19-22,32-34,38-39,46,52H,18,23H2,1-3H3/t32-,33+,34-,38-,39-,45+/m0/s1. The molecule has 4 amide bonds. The summed E-state index contributed by atoms with van der Waals surface area (Å²) in [6.07, 6.45) is 1.91. The van der Waals surface area contributed by atoms with E-state index in [1.54, 1.807) is 48.5 Å². The van der Waals surface area contributed by atoms with Crippen molar-refractivity contribution in [1.29, 1.82) is 0 Å². The van der Waals surface area contributed by atoms with E-state index in [9.17, 15) is 34.9 Å². The van der Waals surface area contributed by atoms with Crippen LogP contribution in [0, 0.1) is 50.8 Å². The van der Waals surface area contributed by atoms with Crippen molar-refractivity contribution < 1.29 is 34.1 Å². The SMILES string of the molecule is Cc1ccc(NN2C(=O)[C@@H]3C[C@@H]4C(=CC[C@@H]5C(=O)N(c6cc([N+](=O)[O-])c(N(C)C)c([N+](=O)[O-])c6)C(=O)[C@@H]54)[C@H](c4ccc(O)c5ccccc45)[C@]3(c3ccccc3)C2=O)cc1. The average Bonchev–Trinajstić information content (AvgIpc) is 3.62. The Balaban J connectivity index is 1.25. The number of phenolic OH excluding ortho intramolecular Hbond substituents is 1. The summed E-state index contributed by atoms with van der Waals surface area (Å²) in [5, 5.41) is 37.9. The van der Waals surface area contributed by atoms with Crippen LogP contribution in [0.1, 0.15) is 35.4 Å². The van der Waals surface area contributed by atoms with Crippen LogP contribution in [0.3, 0.4) is 0 Å². The second-order valence-electron chi connectivity index (χ2n) is 16.1. The van der Waals surface area contributed by atoms with Gasteiger partial charge in [0.15, 0.2) is 5.69 Å². The maximum Gasteiger partial charge on any atom is 0.301 e. The number of amides is 4. The molecule has 5 aromatic carbocycles. The lowest BCUT2D eigenvalue weighted by atomic mass is 9.49. The Morgan fingerprint density at radius 3 is 2.05 bits per heavy atom. The number of aromatic hydroxyl groups is 1. The number of carbonyl (C=O) groups is 4. The van der Waals surface area contributed by atoms with Crippen molar-refractivity contribution in [2.45, 2.75) is 31.1 Å². The first-order valence-corrected chi connectivity index (χ1v) is 19.4. The molecule has 6 atom stereocenters. The average molecular weight is 807 g/mol. The number of allylic oxidation sites excluding steroid dienone is 2. The van der Waals surface area contributed by atoms with Crippen LogP contribution in [0.2, 0.25) is 0 Å². The maximum atomic E-state index is 15.6. The van der Waals surface area contributed by atoms with Crippen molar-refractivity contribution >= 4 is 62.8 Å². The van der Waals surface area contributed by atoms with Gasteiger partial charge in [0.1, 0.15) is 5.75 Å². The fourth-order valence-electron chi connectivity index (χ4n) is 10.4. The number of imide groups is 2. The molecule has 0 bridgehead atoms. The van der Waals surface area contributed by atoms with Crippen molar-refractivity contribution in [3.05, 3.63) is 152 Å². The number of phenols is 1. The first-order valence-electron chi connectivity index (χ1n) is 19.4. The van der Waals surface area contributed by atoms with Crippen LogP contribution in [-0.4, -0.2) is 57.7 Å². The molecular formula is C45H38N6O9. The number of nitrogens with zero attached hydrogens (tertiary/aromatic N) is 5. The van der Waals surface area contributed by atoms with E-state index in [1.807, 2.05) is 55.5 Å². The van der Waals surface area contributed by atoms with Gasteiger partial charge in [-0.15, -0.1) is 0 Å². The highest BCUT2D eigenvalue weighted by molar-refractivity contribution is 6.23. The Hall–Kier alpha value is -7.42. The molecule has 15 heteroatoms. The summed E-state index contributed by atoms with van der Waals surface area (Å²) >= 11 is 0. The summed E-state index contributed by atoms with van der Waals surface area (Å²) in [5.74, 6) is -7.21. The first-order chi connectivity index (χ1) is 28.7. The Morgan fingerprint density at radius 1 is 0.783 bits per heavy atom. The summed E-state index contributed by atoms with van der Waals surface area (Å²) in [7, 11) is 2.84. The van der Waals surface area contributed by atoms with Crippen LogP contribution in [0.5, 0.6) is 5.75 Å². The molecule has 0 unspecified atom stereocenters. The molecule has 2 aliphatic carbocycles. The molecule has 0 aromatic heterocycles. The molecule has 9 rings (SSSR count). The summed E-state index contributed by atoms with van der Waals surface area (Å²) in [6.45, 7) is 1.92. The number of nitro groups is 2. The number of rotatable bonds is 8. The molecule has 5 aromatic rings. The lowest BCUT2D eigenvalue weighted by Gasteiger charge is -2.51. The number of anilines is 3. The zero-order valence-electron chi connectivity index (χ0n) is 32.6. The van der Waals surface area contributed by atoms with E-state index in [4.69, 9.17) is 0 Å². The molecule has 3 fully saturated rings. The second kappa shape index (κ2) is 13.9. The van der Waals surface area contributed by atoms with Gasteiger partial charge in [-0.1, -0.05) is 90.0 Å². The molecular weight excluding hydrogens is 769 g/mol. The fourth-order valence-corrected chi connectivity index (χ4v) is 10.4. The lowest BCUT2D eigenvalue weighted by Crippen LogP contribution is -2.53. The molecule has 2 aliphatic heterocycles. The molecule has 1 saturated carbocycles. The third-order valence-electron chi connectivity index (χ3n) is 12.8. The van der Waals surface area contributed by atoms with Crippen LogP contribution in [-0.2, 0) is 24.6 Å². The van der Waals surface area contributed by atoms with Gasteiger partial charge < -0.3 is 10.0 Å². The Kier molecular flexibility index (Phi) is 8.80. The minimum Gasteiger partial charge on any atom is -0.507 e. The fraction of sp³-hybridized carbons (Fsp3) is 0.244. The first kappa shape index (κ1) is 38.1. The number of fused-ring (bicyclic) bond motifs is 5. The molecule has 15 nitrogen and oxygen atoms in total. The van der Waals surface area contributed by atoms with Gasteiger partial charge in [-0.25, -0.2) is 4.90 Å². The zero-order valence-corrected chi connectivity index (χ0v) is 32.6. The third kappa shape index (κ3) is 5.41. The van der Waals surface area contributed by atoms with Crippen LogP contribution in [0.15, 0.2) is 115 Å². The summed E-state index contributed by atoms with van der Waals surface area (Å²) < 4.78 is 0. The molecule has 2 heterocycles. The molecule has 2 saturated heterocycles. The van der Waals surface area contributed by atoms with Gasteiger partial charge in [-0.2, -0.15) is 5.01 Å². The molecule has 4 aliphatic rings. The third-order valence-corrected chi connectivity index (χ3v) is 12.8. The Morgan fingerprint density at radius 2 is 1.42 bits per heavy atom. The van der Waals surface area contributed by atoms with Crippen LogP contribution in [0.25, 0.3) is 10.8 Å². The molecule has 60 heavy (non-hydrogen) atoms. The van der Waals surface area contributed by atoms with Gasteiger partial charge in [-0.05, 0) is 60.4 Å². The molecule has 302 valence electrons. The summed E-state index contributed by atoms with van der Waals surface area (Å²) in [5.41, 5.74) is 2.94. The van der Waals surface area contributed by atoms with Crippen LogP contribution < -0.4 is 15.2 Å². The van der Waals surface area contributed by atoms with E-state index in [0.29, 0.717) is 33.2 Å². The quantitative estimate of drug-likeness (QED) is 0.0714. The molecule has 0 radical (unpaired) electrons. The predicted molar refractivity (Wildman–Crippen MR) is 221 cm³/mol. The highest BCUT2D eigenvalue weighted by Crippen LogP contribution is 2.65. The van der Waals surface area contributed by atoms with E-state index in [2.05, 4.69) is 5.43 Å². The van der Waals surface area contributed by atoms with E-state index in [1.165, 1.54) is 19.0 Å². The van der Waals surface area contributed by atoms with Crippen molar-refractivity contribution in [3.63, 3.8) is 0 Å². The minimum absolute atomic E-state index is 0.0110. The van der Waals surface area contributed by atoms with Crippen molar-refractivity contribution in [2.24, 2.45) is 23.7 Å². The number of nitro benzene ring substituents is 2. The van der Waals surface area contributed by atoms with E-state index in [-0.39, 0.29) is 30.0 Å². The molecule has 0 spiro atoms. The van der Waals surface area contributed by atoms with E-state index in [0.717, 1.165) is 27.6 Å². The minimum atomic E-state index is -1.57. The summed E-state index contributed by atoms with van der Waals surface area (Å²) in [6, 6.07) is 28.8. The van der Waals surface area contributed by atoms with E-state index < -0.39 is 79.9 Å². The number of hydrogen-bond acceptors (Lipinski definition) is 11. The van der Waals surface area contributed by atoms with Crippen molar-refractivity contribution in [2.75, 3.05) is 29.3 Å². The Bertz CT molecular complexity index is 2700. The number of nitrogens with one attached hydrogen (secondary N) is 1. The highest BCUT2D eigenvalue weighted by Gasteiger charge is 2.70. The zero-order chi connectivity index (χ0) is 42.4. The number of benzene rings is 5. The van der Waals surface area contributed by atoms with Crippen molar-refractivity contribution in [1.82, 2.24) is 5.01 Å². The van der Waals surface area contributed by atoms with Gasteiger partial charge in [-0.3, -0.25) is 44.8 Å². The van der Waals surface area contributed by atoms with Crippen LogP contribution >= 0.6 is 0 Å². The van der Waals surface area contributed by atoms with Crippen molar-refractivity contribution in [3.8, 4) is 5.75 Å². The highest BCUT2D eigenvalue weighted by atomic mass is 16.6. The normalized spacial score (nSPS) is 24.5. The van der Waals surface area contributed by atoms with E-state index >= 15 is 9.59 Å². The van der Waals surface area contributed by atoms with Gasteiger partial charge in [0, 0.05) is 37.5 Å². The topological polar surface area (TPSA) is 197 Å². The largest absolute Gasteiger partial charge is 0.507 e. The number of hydrogen-bond donors (Lipinski definition) is 2. The second-order valence-corrected chi connectivity index (χ2v) is 16.1. The van der Waals surface area contributed by atoms with Gasteiger partial charge in [0.05, 0.1) is 44.4 Å². The van der Waals surface area contributed by atoms with Gasteiger partial charge >= 0.3 is 11.4 Å². The number of carbonyl (C=O) groups excluding carboxylic acids is 4. The monoisotopic (exact) mass is 806 g/mol. The predicted octanol–water partition coefficient (Wildman–Crippen LogP) is 6.93. The molecule has 2 N–H and O–H groups in total. The Labute approximate surface area is 342 Å². The number of aryl methyl sites for hydroxylation is 1. The van der Waals surface area contributed by atoms with Gasteiger partial charge in [0.2, 0.25) is 11.8 Å². The smallest absolute Gasteiger partial charge is 0.301 e. The van der Waals surface area contributed by atoms with Crippen LogP contribution in [0.4, 0.5) is 28.4 Å². The number of hydrazine groups is 1. The maximum absolute atomic E-state index is 15.6. The lowest BCUT2D eigenvalue weighted by molar-refractivity contribution is -0.392. The van der Waals surface area contributed by atoms with Gasteiger partial charge in [0.25, 0.3) is 11.8 Å².